The molecule has 2 aliphatic carbocycles. The Labute approximate surface area is 221 Å². The van der Waals surface area contributed by atoms with Gasteiger partial charge >= 0.3 is 5.97 Å². The van der Waals surface area contributed by atoms with E-state index < -0.39 is 63.6 Å². The molecule has 10 heteroatoms. The van der Waals surface area contributed by atoms with Gasteiger partial charge < -0.3 is 24.8 Å². The van der Waals surface area contributed by atoms with Gasteiger partial charge in [-0.3, -0.25) is 9.59 Å². The largest absolute Gasteiger partial charge is 0.455 e. The number of hydrogen-bond donors (Lipinski definition) is 3. The first kappa shape index (κ1) is 26.9. The Bertz CT molecular complexity index is 1310. The summed E-state index contributed by atoms with van der Waals surface area (Å²) in [7, 11) is 0. The molecule has 0 spiro atoms. The number of rotatable bonds is 4. The van der Waals surface area contributed by atoms with E-state index in [1.807, 2.05) is 19.9 Å². The van der Waals surface area contributed by atoms with Crippen LogP contribution in [0.15, 0.2) is 36.9 Å². The lowest BCUT2D eigenvalue weighted by Gasteiger charge is -2.71. The summed E-state index contributed by atoms with van der Waals surface area (Å²) >= 11 is 0. The van der Waals surface area contributed by atoms with Crippen molar-refractivity contribution in [3.63, 3.8) is 0 Å². The Balaban J connectivity index is 1.61. The van der Waals surface area contributed by atoms with Crippen LogP contribution in [0.4, 0.5) is 0 Å². The molecule has 1 aromatic heterocycles. The maximum atomic E-state index is 14.0. The van der Waals surface area contributed by atoms with Crippen LogP contribution in [0.25, 0.3) is 11.0 Å². The zero-order chi connectivity index (χ0) is 27.9. The number of carbonyl (C=O) groups is 2. The van der Waals surface area contributed by atoms with Crippen molar-refractivity contribution in [3.8, 4) is 0 Å². The van der Waals surface area contributed by atoms with E-state index in [2.05, 4.69) is 16.9 Å². The minimum absolute atomic E-state index is 0.181. The Morgan fingerprint density at radius 1 is 1.24 bits per heavy atom. The van der Waals surface area contributed by atoms with Gasteiger partial charge in [-0.25, -0.2) is 4.68 Å². The zero-order valence-electron chi connectivity index (χ0n) is 22.5. The zero-order valence-corrected chi connectivity index (χ0v) is 22.5. The van der Waals surface area contributed by atoms with Crippen molar-refractivity contribution in [1.29, 1.82) is 0 Å². The molecule has 206 valence electrons. The predicted molar refractivity (Wildman–Crippen MR) is 137 cm³/mol. The summed E-state index contributed by atoms with van der Waals surface area (Å²) in [5.41, 5.74) is -6.20. The number of esters is 1. The maximum Gasteiger partial charge on any atom is 0.328 e. The molecule has 0 bridgehead atoms. The van der Waals surface area contributed by atoms with Crippen molar-refractivity contribution >= 4 is 22.8 Å². The van der Waals surface area contributed by atoms with Gasteiger partial charge in [0.05, 0.1) is 23.3 Å². The lowest BCUT2D eigenvalue weighted by molar-refractivity contribution is -0.370. The fourth-order valence-corrected chi connectivity index (χ4v) is 7.82. The number of benzene rings is 1. The van der Waals surface area contributed by atoms with Gasteiger partial charge in [0.1, 0.15) is 17.7 Å². The molecule has 1 saturated heterocycles. The number of nitrogens with zero attached hydrogens (tertiary/aromatic N) is 3. The van der Waals surface area contributed by atoms with Crippen molar-refractivity contribution in [2.45, 2.75) is 95.5 Å². The Hall–Kier alpha value is -2.66. The Morgan fingerprint density at radius 3 is 2.61 bits per heavy atom. The summed E-state index contributed by atoms with van der Waals surface area (Å²) in [6.45, 7) is 12.1. The molecule has 2 saturated carbocycles. The summed E-state index contributed by atoms with van der Waals surface area (Å²) < 4.78 is 13.8. The number of Topliss-reactive ketones (excluding diaryl/α,β-unsaturated/α-hetero) is 1. The van der Waals surface area contributed by atoms with Crippen molar-refractivity contribution < 1.29 is 34.4 Å². The molecule has 0 radical (unpaired) electrons. The molecule has 1 aromatic carbocycles. The number of ketones is 1. The number of carbonyl (C=O) groups excluding carboxylic acids is 2. The van der Waals surface area contributed by atoms with E-state index in [1.54, 1.807) is 32.0 Å². The summed E-state index contributed by atoms with van der Waals surface area (Å²) in [5.74, 6) is -2.08. The number of aromatic nitrogens is 3. The number of para-hydroxylation sites is 1. The van der Waals surface area contributed by atoms with Gasteiger partial charge in [0.2, 0.25) is 0 Å². The highest BCUT2D eigenvalue weighted by atomic mass is 16.6. The van der Waals surface area contributed by atoms with Crippen molar-refractivity contribution in [2.24, 2.45) is 16.7 Å². The lowest BCUT2D eigenvalue weighted by atomic mass is 9.40. The molecular formula is C28H37N3O7. The fourth-order valence-electron chi connectivity index (χ4n) is 7.82. The van der Waals surface area contributed by atoms with Gasteiger partial charge in [-0.05, 0) is 44.2 Å². The van der Waals surface area contributed by atoms with Crippen LogP contribution in [0, 0.1) is 16.7 Å². The van der Waals surface area contributed by atoms with Crippen molar-refractivity contribution in [1.82, 2.24) is 15.0 Å². The highest BCUT2D eigenvalue weighted by molar-refractivity contribution is 5.92. The van der Waals surface area contributed by atoms with Gasteiger partial charge in [-0.2, -0.15) is 0 Å². The molecule has 38 heavy (non-hydrogen) atoms. The topological polar surface area (TPSA) is 144 Å². The molecule has 0 unspecified atom stereocenters. The second-order valence-electron chi connectivity index (χ2n) is 12.5. The third-order valence-corrected chi connectivity index (χ3v) is 9.68. The number of fused-ring (bicyclic) bond motifs is 4. The fraction of sp³-hybridized carbons (Fsp3) is 0.643. The van der Waals surface area contributed by atoms with E-state index in [0.717, 1.165) is 0 Å². The van der Waals surface area contributed by atoms with Gasteiger partial charge in [0.15, 0.2) is 17.5 Å². The smallest absolute Gasteiger partial charge is 0.328 e. The first-order valence-corrected chi connectivity index (χ1v) is 13.1. The molecule has 0 amide bonds. The Kier molecular flexibility index (Phi) is 5.96. The van der Waals surface area contributed by atoms with Crippen LogP contribution in [-0.2, 0) is 25.6 Å². The summed E-state index contributed by atoms with van der Waals surface area (Å²) in [5, 5.41) is 43.9. The molecule has 3 aliphatic rings. The third-order valence-electron chi connectivity index (χ3n) is 9.68. The van der Waals surface area contributed by atoms with E-state index in [-0.39, 0.29) is 13.0 Å². The van der Waals surface area contributed by atoms with Crippen LogP contribution >= 0.6 is 0 Å². The molecule has 8 atom stereocenters. The van der Waals surface area contributed by atoms with Crippen LogP contribution in [0.2, 0.25) is 0 Å². The van der Waals surface area contributed by atoms with E-state index >= 15 is 0 Å². The number of aliphatic hydroxyl groups is 3. The maximum absolute atomic E-state index is 14.0. The van der Waals surface area contributed by atoms with Crippen LogP contribution in [-0.4, -0.2) is 77.2 Å². The van der Waals surface area contributed by atoms with E-state index in [0.29, 0.717) is 23.9 Å². The number of ether oxygens (including phenoxy) is 2. The summed E-state index contributed by atoms with van der Waals surface area (Å²) in [4.78, 5) is 27.3. The third kappa shape index (κ3) is 3.40. The van der Waals surface area contributed by atoms with E-state index in [9.17, 15) is 24.9 Å². The van der Waals surface area contributed by atoms with Gasteiger partial charge in [-0.15, -0.1) is 11.7 Å². The van der Waals surface area contributed by atoms with Crippen molar-refractivity contribution in [3.05, 3.63) is 36.9 Å². The minimum Gasteiger partial charge on any atom is -0.455 e. The first-order valence-electron chi connectivity index (χ1n) is 13.1. The van der Waals surface area contributed by atoms with Crippen LogP contribution in [0.3, 0.4) is 0 Å². The van der Waals surface area contributed by atoms with E-state index in [1.165, 1.54) is 17.7 Å². The molecule has 2 aromatic rings. The second-order valence-corrected chi connectivity index (χ2v) is 12.5. The second kappa shape index (κ2) is 8.42. The molecule has 3 fully saturated rings. The standard InChI is InChI=1S/C28H37N3O7/c1-7-25(4)14-19(33)28(36)26(5)18(32)12-13-24(2,3)22(26)21(35)23(27(28,6)38-25)37-20(34)15-31-17-11-9-8-10-16(17)29-30-31/h7-11,18,21-23,32,35-36H,1,12-15H2,2-6H3/t18-,21-,22-,23-,25-,26-,27+,28-/m0/s1. The van der Waals surface area contributed by atoms with Crippen molar-refractivity contribution in [2.75, 3.05) is 0 Å². The lowest BCUT2D eigenvalue weighted by Crippen LogP contribution is -2.86. The number of aliphatic hydroxyl groups excluding tert-OH is 2. The minimum atomic E-state index is -2.27. The van der Waals surface area contributed by atoms with E-state index in [4.69, 9.17) is 9.47 Å². The first-order chi connectivity index (χ1) is 17.6. The molecule has 3 N–H and O–H groups in total. The summed E-state index contributed by atoms with van der Waals surface area (Å²) in [6.07, 6.45) is -1.71. The molecule has 5 rings (SSSR count). The van der Waals surface area contributed by atoms with Crippen LogP contribution in [0.1, 0.15) is 53.9 Å². The SMILES string of the molecule is C=C[C@@]1(C)CC(=O)[C@]2(O)[C@@]3(C)[C@@H](O)CCC(C)(C)[C@@H]3[C@H](O)[C@H](OC(=O)Cn3nnc4ccccc43)[C@@]2(C)O1. The van der Waals surface area contributed by atoms with Gasteiger partial charge in [-0.1, -0.05) is 44.2 Å². The summed E-state index contributed by atoms with van der Waals surface area (Å²) in [6, 6.07) is 7.15. The molecule has 1 aliphatic heterocycles. The predicted octanol–water partition coefficient (Wildman–Crippen LogP) is 1.94. The molecule has 2 heterocycles. The normalized spacial score (nSPS) is 42.3. The van der Waals surface area contributed by atoms with Crippen LogP contribution in [0.5, 0.6) is 0 Å². The van der Waals surface area contributed by atoms with Crippen LogP contribution < -0.4 is 0 Å². The highest BCUT2D eigenvalue weighted by Crippen LogP contribution is 2.67. The monoisotopic (exact) mass is 527 g/mol. The Morgan fingerprint density at radius 2 is 1.92 bits per heavy atom. The number of hydrogen-bond acceptors (Lipinski definition) is 9. The van der Waals surface area contributed by atoms with Gasteiger partial charge in [0, 0.05) is 17.8 Å². The highest BCUT2D eigenvalue weighted by Gasteiger charge is 2.81. The average Bonchev–Trinajstić information content (AvgIpc) is 3.25. The quantitative estimate of drug-likeness (QED) is 0.401. The van der Waals surface area contributed by atoms with Gasteiger partial charge in [0.25, 0.3) is 0 Å². The average molecular weight is 528 g/mol. The molecular weight excluding hydrogens is 490 g/mol. The molecule has 10 nitrogen and oxygen atoms in total.